The summed E-state index contributed by atoms with van der Waals surface area (Å²) in [7, 11) is 0. The summed E-state index contributed by atoms with van der Waals surface area (Å²) in [6, 6.07) is 7.32. The maximum absolute atomic E-state index is 12.0. The average Bonchev–Trinajstić information content (AvgIpc) is 2.46. The van der Waals surface area contributed by atoms with Crippen molar-refractivity contribution in [2.75, 3.05) is 32.7 Å². The first-order valence-corrected chi connectivity index (χ1v) is 7.27. The Morgan fingerprint density at radius 3 is 2.63 bits per heavy atom. The molecule has 1 aromatic carbocycles. The number of carbonyl (C=O) groups excluding carboxylic acids is 2. The van der Waals surface area contributed by atoms with Crippen molar-refractivity contribution >= 4 is 34.4 Å². The van der Waals surface area contributed by atoms with Crippen LogP contribution in [0.3, 0.4) is 0 Å². The lowest BCUT2D eigenvalue weighted by atomic mass is 10.2. The molecule has 0 bridgehead atoms. The molecule has 0 unspecified atom stereocenters. The molecule has 19 heavy (non-hydrogen) atoms. The van der Waals surface area contributed by atoms with Crippen LogP contribution in [-0.2, 0) is 4.79 Å². The third kappa shape index (κ3) is 3.90. The van der Waals surface area contributed by atoms with Crippen LogP contribution in [-0.4, -0.2) is 49.4 Å². The Balaban J connectivity index is 1.86. The third-order valence-corrected chi connectivity index (χ3v) is 3.93. The van der Waals surface area contributed by atoms with Crippen LogP contribution in [0.1, 0.15) is 10.4 Å². The zero-order valence-electron chi connectivity index (χ0n) is 10.5. The number of rotatable bonds is 3. The molecule has 1 saturated heterocycles. The minimum Gasteiger partial charge on any atom is -0.343 e. The second-order valence-corrected chi connectivity index (χ2v) is 5.46. The van der Waals surface area contributed by atoms with Gasteiger partial charge in [0.2, 0.25) is 5.91 Å². The van der Waals surface area contributed by atoms with Crippen LogP contribution in [0.15, 0.2) is 24.3 Å². The minimum absolute atomic E-state index is 0.0270. The van der Waals surface area contributed by atoms with Crippen molar-refractivity contribution in [2.24, 2.45) is 0 Å². The summed E-state index contributed by atoms with van der Waals surface area (Å²) in [5, 5.41) is 5.87. The highest BCUT2D eigenvalue weighted by atomic mass is 127. The van der Waals surface area contributed by atoms with Gasteiger partial charge in [-0.3, -0.25) is 9.59 Å². The molecule has 0 aliphatic carbocycles. The molecule has 1 aliphatic rings. The van der Waals surface area contributed by atoms with Gasteiger partial charge < -0.3 is 15.5 Å². The molecule has 0 spiro atoms. The molecule has 102 valence electrons. The van der Waals surface area contributed by atoms with Crippen molar-refractivity contribution in [3.8, 4) is 0 Å². The number of halogens is 1. The van der Waals surface area contributed by atoms with Gasteiger partial charge in [0.1, 0.15) is 0 Å². The zero-order valence-corrected chi connectivity index (χ0v) is 12.6. The van der Waals surface area contributed by atoms with E-state index in [0.717, 1.165) is 16.7 Å². The number of hydrogen-bond donors (Lipinski definition) is 2. The Kier molecular flexibility index (Phi) is 5.15. The maximum Gasteiger partial charge on any atom is 0.252 e. The number of nitrogens with one attached hydrogen (secondary N) is 2. The standard InChI is InChI=1S/C13H16IN3O2/c14-11-4-2-1-3-10(11)13(19)16-9-12(18)17-7-5-15-6-8-17/h1-4,15H,5-9H2,(H,16,19). The van der Waals surface area contributed by atoms with E-state index in [0.29, 0.717) is 18.7 Å². The summed E-state index contributed by atoms with van der Waals surface area (Å²) in [6.45, 7) is 3.10. The lowest BCUT2D eigenvalue weighted by molar-refractivity contribution is -0.130. The van der Waals surface area contributed by atoms with Crippen LogP contribution in [0.2, 0.25) is 0 Å². The fraction of sp³-hybridized carbons (Fsp3) is 0.385. The molecular weight excluding hydrogens is 357 g/mol. The molecule has 2 amide bonds. The van der Waals surface area contributed by atoms with Gasteiger partial charge in [-0.05, 0) is 34.7 Å². The van der Waals surface area contributed by atoms with E-state index < -0.39 is 0 Å². The predicted molar refractivity (Wildman–Crippen MR) is 80.9 cm³/mol. The molecule has 6 heteroatoms. The zero-order chi connectivity index (χ0) is 13.7. The largest absolute Gasteiger partial charge is 0.343 e. The van der Waals surface area contributed by atoms with Crippen LogP contribution in [0.5, 0.6) is 0 Å². The van der Waals surface area contributed by atoms with Gasteiger partial charge in [0.15, 0.2) is 0 Å². The van der Waals surface area contributed by atoms with Crippen molar-refractivity contribution < 1.29 is 9.59 Å². The van der Waals surface area contributed by atoms with Gasteiger partial charge in [-0.2, -0.15) is 0 Å². The molecule has 2 N–H and O–H groups in total. The lowest BCUT2D eigenvalue weighted by Crippen LogP contribution is -2.49. The van der Waals surface area contributed by atoms with Gasteiger partial charge in [0, 0.05) is 29.7 Å². The molecule has 1 heterocycles. The van der Waals surface area contributed by atoms with E-state index in [1.54, 1.807) is 11.0 Å². The van der Waals surface area contributed by atoms with Crippen LogP contribution < -0.4 is 10.6 Å². The van der Waals surface area contributed by atoms with E-state index in [1.165, 1.54) is 0 Å². The highest BCUT2D eigenvalue weighted by molar-refractivity contribution is 14.1. The monoisotopic (exact) mass is 373 g/mol. The van der Waals surface area contributed by atoms with E-state index >= 15 is 0 Å². The van der Waals surface area contributed by atoms with Crippen molar-refractivity contribution in [2.45, 2.75) is 0 Å². The van der Waals surface area contributed by atoms with Gasteiger partial charge in [-0.1, -0.05) is 12.1 Å². The quantitative estimate of drug-likeness (QED) is 0.757. The molecule has 0 atom stereocenters. The second kappa shape index (κ2) is 6.85. The molecule has 0 radical (unpaired) electrons. The van der Waals surface area contributed by atoms with E-state index in [1.807, 2.05) is 18.2 Å². The fourth-order valence-corrected chi connectivity index (χ4v) is 2.55. The van der Waals surface area contributed by atoms with Crippen LogP contribution >= 0.6 is 22.6 Å². The Morgan fingerprint density at radius 1 is 1.26 bits per heavy atom. The molecular formula is C13H16IN3O2. The van der Waals surface area contributed by atoms with Gasteiger partial charge in [-0.15, -0.1) is 0 Å². The van der Waals surface area contributed by atoms with E-state index in [4.69, 9.17) is 0 Å². The summed E-state index contributed by atoms with van der Waals surface area (Å²) in [5.74, 6) is -0.228. The Bertz CT molecular complexity index is 473. The minimum atomic E-state index is -0.200. The topological polar surface area (TPSA) is 61.4 Å². The maximum atomic E-state index is 12.0. The van der Waals surface area contributed by atoms with Crippen molar-refractivity contribution in [1.29, 1.82) is 0 Å². The average molecular weight is 373 g/mol. The summed E-state index contributed by atoms with van der Waals surface area (Å²) >= 11 is 2.11. The molecule has 0 aromatic heterocycles. The molecule has 1 fully saturated rings. The number of amides is 2. The summed E-state index contributed by atoms with van der Waals surface area (Å²) < 4.78 is 0.882. The van der Waals surface area contributed by atoms with Crippen molar-refractivity contribution in [1.82, 2.24) is 15.5 Å². The number of hydrogen-bond acceptors (Lipinski definition) is 3. The third-order valence-electron chi connectivity index (χ3n) is 2.99. The highest BCUT2D eigenvalue weighted by Crippen LogP contribution is 2.10. The SMILES string of the molecule is O=C(NCC(=O)N1CCNCC1)c1ccccc1I. The normalized spacial score (nSPS) is 15.1. The first-order chi connectivity index (χ1) is 9.18. The molecule has 2 rings (SSSR count). The van der Waals surface area contributed by atoms with E-state index in [2.05, 4.69) is 33.2 Å². The van der Waals surface area contributed by atoms with Gasteiger partial charge in [0.25, 0.3) is 5.91 Å². The van der Waals surface area contributed by atoms with E-state index in [9.17, 15) is 9.59 Å². The molecule has 5 nitrogen and oxygen atoms in total. The molecule has 1 aliphatic heterocycles. The van der Waals surface area contributed by atoms with Crippen LogP contribution in [0.4, 0.5) is 0 Å². The summed E-state index contributed by atoms with van der Waals surface area (Å²) in [6.07, 6.45) is 0. The second-order valence-electron chi connectivity index (χ2n) is 4.29. The van der Waals surface area contributed by atoms with Crippen molar-refractivity contribution in [3.63, 3.8) is 0 Å². The van der Waals surface area contributed by atoms with E-state index in [-0.39, 0.29) is 18.4 Å². The summed E-state index contributed by atoms with van der Waals surface area (Å²) in [5.41, 5.74) is 0.608. The van der Waals surface area contributed by atoms with Gasteiger partial charge >= 0.3 is 0 Å². The van der Waals surface area contributed by atoms with Crippen molar-refractivity contribution in [3.05, 3.63) is 33.4 Å². The smallest absolute Gasteiger partial charge is 0.252 e. The Morgan fingerprint density at radius 2 is 1.95 bits per heavy atom. The Labute approximate surface area is 125 Å². The van der Waals surface area contributed by atoms with Gasteiger partial charge in [-0.25, -0.2) is 0 Å². The fourth-order valence-electron chi connectivity index (χ4n) is 1.92. The number of benzene rings is 1. The molecule has 0 saturated carbocycles. The first-order valence-electron chi connectivity index (χ1n) is 6.19. The number of piperazine rings is 1. The number of carbonyl (C=O) groups is 2. The molecule has 1 aromatic rings. The summed E-state index contributed by atoms with van der Waals surface area (Å²) in [4.78, 5) is 25.6. The first kappa shape index (κ1) is 14.3. The van der Waals surface area contributed by atoms with Crippen LogP contribution in [0.25, 0.3) is 0 Å². The lowest BCUT2D eigenvalue weighted by Gasteiger charge is -2.27. The predicted octanol–water partition coefficient (Wildman–Crippen LogP) is 0.453. The highest BCUT2D eigenvalue weighted by Gasteiger charge is 2.17. The van der Waals surface area contributed by atoms with Gasteiger partial charge in [0.05, 0.1) is 12.1 Å². The number of nitrogens with zero attached hydrogens (tertiary/aromatic N) is 1. The Hall–Kier alpha value is -1.15. The van der Waals surface area contributed by atoms with Crippen LogP contribution in [0, 0.1) is 3.57 Å².